The summed E-state index contributed by atoms with van der Waals surface area (Å²) in [5, 5.41) is 3.33. The molecule has 0 unspecified atom stereocenters. The summed E-state index contributed by atoms with van der Waals surface area (Å²) in [4.78, 5) is 28.6. The number of nitrogens with zero attached hydrogens (tertiary/aromatic N) is 2. The smallest absolute Gasteiger partial charge is 0.264 e. The molecular formula is C31H38ClN3O5S. The molecule has 1 N–H and O–H groups in total. The average molecular weight is 600 g/mol. The first-order valence-electron chi connectivity index (χ1n) is 13.6. The molecule has 2 atom stereocenters. The number of carbonyl (C=O) groups is 2. The van der Waals surface area contributed by atoms with E-state index in [1.165, 1.54) is 29.2 Å². The Balaban J connectivity index is 2.04. The van der Waals surface area contributed by atoms with Crippen LogP contribution in [0.2, 0.25) is 5.02 Å². The molecular weight excluding hydrogens is 562 g/mol. The monoisotopic (exact) mass is 599 g/mol. The lowest BCUT2D eigenvalue weighted by atomic mass is 10.1. The lowest BCUT2D eigenvalue weighted by Gasteiger charge is -2.32. The van der Waals surface area contributed by atoms with E-state index in [2.05, 4.69) is 5.32 Å². The largest absolute Gasteiger partial charge is 0.494 e. The van der Waals surface area contributed by atoms with E-state index in [1.807, 2.05) is 52.0 Å². The minimum atomic E-state index is -4.19. The molecule has 0 saturated heterocycles. The quantitative estimate of drug-likeness (QED) is 0.277. The fourth-order valence-electron chi connectivity index (χ4n) is 4.16. The molecule has 0 aliphatic heterocycles. The number of amides is 2. The van der Waals surface area contributed by atoms with Crippen molar-refractivity contribution in [2.24, 2.45) is 0 Å². The van der Waals surface area contributed by atoms with Crippen LogP contribution in [-0.2, 0) is 26.2 Å². The summed E-state index contributed by atoms with van der Waals surface area (Å²) >= 11 is 6.01. The Hall–Kier alpha value is -3.56. The van der Waals surface area contributed by atoms with Gasteiger partial charge in [-0.2, -0.15) is 0 Å². The summed E-state index contributed by atoms with van der Waals surface area (Å²) in [5.41, 5.74) is 2.10. The van der Waals surface area contributed by atoms with Crippen LogP contribution in [-0.4, -0.2) is 50.4 Å². The zero-order valence-corrected chi connectivity index (χ0v) is 25.7. The van der Waals surface area contributed by atoms with Crippen LogP contribution in [0.1, 0.15) is 45.2 Å². The summed E-state index contributed by atoms with van der Waals surface area (Å²) in [5.74, 6) is -0.260. The van der Waals surface area contributed by atoms with Crippen molar-refractivity contribution in [2.75, 3.05) is 17.5 Å². The van der Waals surface area contributed by atoms with Crippen LogP contribution in [0.3, 0.4) is 0 Å². The lowest BCUT2D eigenvalue weighted by molar-refractivity contribution is -0.139. The second-order valence-electron chi connectivity index (χ2n) is 9.83. The maximum Gasteiger partial charge on any atom is 0.264 e. The number of carbonyl (C=O) groups excluding carboxylic acids is 2. The van der Waals surface area contributed by atoms with Gasteiger partial charge >= 0.3 is 0 Å². The normalized spacial score (nSPS) is 12.7. The van der Waals surface area contributed by atoms with Crippen LogP contribution in [0.15, 0.2) is 77.7 Å². The van der Waals surface area contributed by atoms with Crippen LogP contribution in [0.25, 0.3) is 0 Å². The van der Waals surface area contributed by atoms with Gasteiger partial charge in [0.05, 0.1) is 17.2 Å². The van der Waals surface area contributed by atoms with Crippen LogP contribution >= 0.6 is 11.6 Å². The van der Waals surface area contributed by atoms with E-state index in [9.17, 15) is 18.0 Å². The van der Waals surface area contributed by atoms with Gasteiger partial charge in [0.2, 0.25) is 11.8 Å². The first kappa shape index (κ1) is 32.0. The van der Waals surface area contributed by atoms with Gasteiger partial charge in [-0.05, 0) is 93.8 Å². The van der Waals surface area contributed by atoms with Gasteiger partial charge in [-0.15, -0.1) is 0 Å². The molecule has 8 nitrogen and oxygen atoms in total. The number of sulfonamides is 1. The van der Waals surface area contributed by atoms with Gasteiger partial charge in [0.1, 0.15) is 18.3 Å². The summed E-state index contributed by atoms with van der Waals surface area (Å²) < 4.78 is 34.4. The summed E-state index contributed by atoms with van der Waals surface area (Å²) in [6.45, 7) is 9.36. The molecule has 0 aliphatic carbocycles. The molecule has 41 heavy (non-hydrogen) atoms. The van der Waals surface area contributed by atoms with Crippen LogP contribution in [0.5, 0.6) is 5.75 Å². The Morgan fingerprint density at radius 1 is 0.951 bits per heavy atom. The summed E-state index contributed by atoms with van der Waals surface area (Å²) in [7, 11) is -4.19. The van der Waals surface area contributed by atoms with Gasteiger partial charge in [0.25, 0.3) is 10.0 Å². The first-order chi connectivity index (χ1) is 19.5. The first-order valence-corrected chi connectivity index (χ1v) is 15.4. The Bertz CT molecular complexity index is 1430. The number of hydrogen-bond acceptors (Lipinski definition) is 5. The zero-order chi connectivity index (χ0) is 30.2. The molecule has 0 radical (unpaired) electrons. The molecule has 0 aliphatic rings. The Kier molecular flexibility index (Phi) is 11.2. The van der Waals surface area contributed by atoms with Crippen LogP contribution in [0, 0.1) is 6.92 Å². The van der Waals surface area contributed by atoms with Gasteiger partial charge in [-0.3, -0.25) is 13.9 Å². The summed E-state index contributed by atoms with van der Waals surface area (Å²) in [6, 6.07) is 18.9. The molecule has 2 amide bonds. The number of rotatable bonds is 13. The standard InChI is InChI=1S/C31H38ClN3O5S/c1-6-23(4)33-31(37)24(5)34(20-25-11-9-8-10-22(25)3)30(36)21-35(27-14-16-28(17-15-27)40-7-2)41(38,39)29-18-12-26(32)13-19-29/h8-19,23-24H,6-7,20-21H2,1-5H3,(H,33,37)/t23-,24+/m1/s1. The van der Waals surface area contributed by atoms with Gasteiger partial charge < -0.3 is 15.0 Å². The minimum absolute atomic E-state index is 0.0170. The Morgan fingerprint density at radius 2 is 1.59 bits per heavy atom. The number of benzene rings is 3. The van der Waals surface area contributed by atoms with Crippen molar-refractivity contribution in [3.05, 3.63) is 88.9 Å². The zero-order valence-electron chi connectivity index (χ0n) is 24.1. The highest BCUT2D eigenvalue weighted by Gasteiger charge is 2.33. The SMILES string of the molecule is CCOc1ccc(N(CC(=O)N(Cc2ccccc2C)[C@@H](C)C(=O)N[C@H](C)CC)S(=O)(=O)c2ccc(Cl)cc2)cc1. The highest BCUT2D eigenvalue weighted by Crippen LogP contribution is 2.27. The molecule has 0 saturated carbocycles. The second kappa shape index (κ2) is 14.4. The average Bonchev–Trinajstić information content (AvgIpc) is 2.95. The van der Waals surface area contributed by atoms with E-state index in [4.69, 9.17) is 16.3 Å². The fourth-order valence-corrected chi connectivity index (χ4v) is 5.70. The highest BCUT2D eigenvalue weighted by atomic mass is 35.5. The maximum absolute atomic E-state index is 14.0. The molecule has 220 valence electrons. The number of nitrogens with one attached hydrogen (secondary N) is 1. The molecule has 0 bridgehead atoms. The topological polar surface area (TPSA) is 96.0 Å². The third-order valence-electron chi connectivity index (χ3n) is 6.89. The summed E-state index contributed by atoms with van der Waals surface area (Å²) in [6.07, 6.45) is 0.731. The molecule has 3 aromatic carbocycles. The van der Waals surface area contributed by atoms with Crippen molar-refractivity contribution in [1.82, 2.24) is 10.2 Å². The predicted octanol–water partition coefficient (Wildman–Crippen LogP) is 5.57. The second-order valence-corrected chi connectivity index (χ2v) is 12.1. The third-order valence-corrected chi connectivity index (χ3v) is 8.93. The Morgan fingerprint density at radius 3 is 2.17 bits per heavy atom. The molecule has 0 heterocycles. The maximum atomic E-state index is 14.0. The van der Waals surface area contributed by atoms with Crippen molar-refractivity contribution in [2.45, 2.75) is 64.6 Å². The molecule has 3 aromatic rings. The molecule has 0 fully saturated rings. The van der Waals surface area contributed by atoms with Gasteiger partial charge in [-0.1, -0.05) is 42.8 Å². The van der Waals surface area contributed by atoms with Gasteiger partial charge in [0, 0.05) is 17.6 Å². The van der Waals surface area contributed by atoms with E-state index in [0.29, 0.717) is 17.4 Å². The van der Waals surface area contributed by atoms with Gasteiger partial charge in [-0.25, -0.2) is 8.42 Å². The highest BCUT2D eigenvalue weighted by molar-refractivity contribution is 7.92. The van der Waals surface area contributed by atoms with Gasteiger partial charge in [0.15, 0.2) is 0 Å². The molecule has 10 heteroatoms. The molecule has 0 spiro atoms. The molecule has 3 rings (SSSR count). The van der Waals surface area contributed by atoms with Crippen LogP contribution < -0.4 is 14.4 Å². The number of aryl methyl sites for hydroxylation is 1. The van der Waals surface area contributed by atoms with E-state index in [1.54, 1.807) is 31.2 Å². The number of hydrogen-bond donors (Lipinski definition) is 1. The van der Waals surface area contributed by atoms with Crippen molar-refractivity contribution in [1.29, 1.82) is 0 Å². The number of anilines is 1. The molecule has 0 aromatic heterocycles. The van der Waals surface area contributed by atoms with Crippen molar-refractivity contribution >= 4 is 39.1 Å². The fraction of sp³-hybridized carbons (Fsp3) is 0.355. The van der Waals surface area contributed by atoms with Crippen molar-refractivity contribution in [3.8, 4) is 5.75 Å². The van der Waals surface area contributed by atoms with Crippen molar-refractivity contribution < 1.29 is 22.7 Å². The third kappa shape index (κ3) is 8.24. The van der Waals surface area contributed by atoms with E-state index in [-0.39, 0.29) is 29.1 Å². The predicted molar refractivity (Wildman–Crippen MR) is 163 cm³/mol. The Labute approximate surface area is 248 Å². The van der Waals surface area contributed by atoms with Crippen molar-refractivity contribution in [3.63, 3.8) is 0 Å². The van der Waals surface area contributed by atoms with E-state index in [0.717, 1.165) is 21.9 Å². The lowest BCUT2D eigenvalue weighted by Crippen LogP contribution is -2.52. The van der Waals surface area contributed by atoms with E-state index >= 15 is 0 Å². The number of halogens is 1. The number of ether oxygens (including phenoxy) is 1. The van der Waals surface area contributed by atoms with E-state index < -0.39 is 28.5 Å². The van der Waals surface area contributed by atoms with Crippen LogP contribution in [0.4, 0.5) is 5.69 Å². The minimum Gasteiger partial charge on any atom is -0.494 e.